The molecule has 0 bridgehead atoms. The lowest BCUT2D eigenvalue weighted by atomic mass is 9.72. The van der Waals surface area contributed by atoms with Crippen LogP contribution in [0.5, 0.6) is 5.75 Å². The van der Waals surface area contributed by atoms with E-state index in [9.17, 15) is 0 Å². The van der Waals surface area contributed by atoms with E-state index >= 15 is 0 Å². The Labute approximate surface area is 292 Å². The average molecular weight is 639 g/mol. The predicted octanol–water partition coefficient (Wildman–Crippen LogP) is 12.8. The first kappa shape index (κ1) is 28.8. The van der Waals surface area contributed by atoms with Crippen LogP contribution < -0.4 is 4.74 Å². The molecule has 1 heterocycles. The molecule has 2 atom stereocenters. The van der Waals surface area contributed by atoms with Crippen LogP contribution in [-0.4, -0.2) is 6.10 Å². The van der Waals surface area contributed by atoms with Crippen molar-refractivity contribution in [3.63, 3.8) is 0 Å². The molecule has 0 saturated heterocycles. The Morgan fingerprint density at radius 2 is 1.10 bits per heavy atom. The molecule has 8 aromatic rings. The molecule has 10 rings (SSSR count). The van der Waals surface area contributed by atoms with Crippen LogP contribution >= 0.6 is 0 Å². The first-order chi connectivity index (χ1) is 24.7. The highest BCUT2D eigenvalue weighted by Crippen LogP contribution is 2.51. The Bertz CT molecular complexity index is 2700. The Morgan fingerprint density at radius 3 is 1.96 bits per heavy atom. The number of hydrogen-bond donors (Lipinski definition) is 0. The third kappa shape index (κ3) is 4.40. The van der Waals surface area contributed by atoms with E-state index in [0.717, 1.165) is 5.75 Å². The second kappa shape index (κ2) is 11.2. The van der Waals surface area contributed by atoms with Crippen molar-refractivity contribution in [3.05, 3.63) is 193 Å². The number of rotatable bonds is 4. The minimum absolute atomic E-state index is 0.0858. The quantitative estimate of drug-likeness (QED) is 0.174. The fraction of sp³-hybridized carbons (Fsp3) is 0.0612. The molecule has 0 radical (unpaired) electrons. The summed E-state index contributed by atoms with van der Waals surface area (Å²) in [7, 11) is 0. The molecular formula is C49H34O. The van der Waals surface area contributed by atoms with Crippen LogP contribution in [0.4, 0.5) is 0 Å². The average Bonchev–Trinajstić information content (AvgIpc) is 3.49. The van der Waals surface area contributed by atoms with Gasteiger partial charge in [-0.15, -0.1) is 0 Å². The second-order valence-electron chi connectivity index (χ2n) is 13.8. The van der Waals surface area contributed by atoms with Crippen LogP contribution in [0, 0.1) is 0 Å². The van der Waals surface area contributed by atoms with Gasteiger partial charge in [-0.2, -0.15) is 0 Å². The summed E-state index contributed by atoms with van der Waals surface area (Å²) in [4.78, 5) is 0. The van der Waals surface area contributed by atoms with Crippen molar-refractivity contribution in [1.29, 1.82) is 0 Å². The molecular weight excluding hydrogens is 605 g/mol. The first-order valence-electron chi connectivity index (χ1n) is 17.5. The number of ether oxygens (including phenoxy) is 1. The maximum absolute atomic E-state index is 6.70. The van der Waals surface area contributed by atoms with E-state index in [4.69, 9.17) is 4.74 Å². The zero-order valence-corrected chi connectivity index (χ0v) is 27.8. The van der Waals surface area contributed by atoms with E-state index in [1.165, 1.54) is 82.4 Å². The monoisotopic (exact) mass is 638 g/mol. The van der Waals surface area contributed by atoms with Gasteiger partial charge in [0.25, 0.3) is 0 Å². The highest BCUT2D eigenvalue weighted by molar-refractivity contribution is 6.22. The van der Waals surface area contributed by atoms with E-state index in [-0.39, 0.29) is 11.5 Å². The second-order valence-corrected chi connectivity index (χ2v) is 13.8. The smallest absolute Gasteiger partial charge is 0.137 e. The zero-order chi connectivity index (χ0) is 33.2. The topological polar surface area (TPSA) is 9.23 Å². The van der Waals surface area contributed by atoms with Crippen LogP contribution in [-0.2, 0) is 5.41 Å². The molecule has 1 aliphatic carbocycles. The van der Waals surface area contributed by atoms with Crippen LogP contribution in [0.15, 0.2) is 182 Å². The maximum atomic E-state index is 6.70. The van der Waals surface area contributed by atoms with E-state index < -0.39 is 0 Å². The molecule has 1 aliphatic heterocycles. The summed E-state index contributed by atoms with van der Waals surface area (Å²) < 4.78 is 6.70. The summed E-state index contributed by atoms with van der Waals surface area (Å²) in [5, 5.41) is 7.50. The van der Waals surface area contributed by atoms with Crippen LogP contribution in [0.2, 0.25) is 0 Å². The molecule has 0 aromatic heterocycles. The molecule has 0 spiro atoms. The SMILES string of the molecule is CC12C=CC=C(c3cccc(-c4c5ccccc5c(-c5ccc6ccccc6c5)c5cc(-c6ccccc6)ccc45)c3)C1Oc1ccccc12. The first-order valence-corrected chi connectivity index (χ1v) is 17.5. The summed E-state index contributed by atoms with van der Waals surface area (Å²) in [5.74, 6) is 0.976. The van der Waals surface area contributed by atoms with Gasteiger partial charge >= 0.3 is 0 Å². The molecule has 8 aromatic carbocycles. The highest BCUT2D eigenvalue weighted by Gasteiger charge is 2.46. The van der Waals surface area contributed by atoms with Crippen molar-refractivity contribution in [2.75, 3.05) is 0 Å². The minimum atomic E-state index is -0.217. The molecule has 0 fully saturated rings. The molecule has 0 saturated carbocycles. The van der Waals surface area contributed by atoms with E-state index in [1.54, 1.807) is 0 Å². The summed E-state index contributed by atoms with van der Waals surface area (Å²) >= 11 is 0. The van der Waals surface area contributed by atoms with Crippen molar-refractivity contribution in [3.8, 4) is 39.1 Å². The third-order valence-corrected chi connectivity index (χ3v) is 10.9. The number of fused-ring (bicyclic) bond motifs is 6. The van der Waals surface area contributed by atoms with Gasteiger partial charge in [0.15, 0.2) is 0 Å². The number of allylic oxidation sites excluding steroid dienone is 2. The number of hydrogen-bond acceptors (Lipinski definition) is 1. The lowest BCUT2D eigenvalue weighted by Crippen LogP contribution is -2.36. The van der Waals surface area contributed by atoms with Gasteiger partial charge in [0.2, 0.25) is 0 Å². The normalized spacial score (nSPS) is 17.8. The molecule has 0 N–H and O–H groups in total. The van der Waals surface area contributed by atoms with Gasteiger partial charge in [-0.25, -0.2) is 0 Å². The Kier molecular flexibility index (Phi) is 6.44. The van der Waals surface area contributed by atoms with E-state index in [0.29, 0.717) is 0 Å². The lowest BCUT2D eigenvalue weighted by molar-refractivity contribution is 0.238. The molecule has 0 amide bonds. The van der Waals surface area contributed by atoms with Crippen molar-refractivity contribution >= 4 is 37.9 Å². The van der Waals surface area contributed by atoms with Gasteiger partial charge in [-0.3, -0.25) is 0 Å². The zero-order valence-electron chi connectivity index (χ0n) is 27.8. The van der Waals surface area contributed by atoms with Gasteiger partial charge in [0, 0.05) is 11.1 Å². The van der Waals surface area contributed by atoms with Crippen molar-refractivity contribution < 1.29 is 4.74 Å². The minimum Gasteiger partial charge on any atom is -0.484 e. The van der Waals surface area contributed by atoms with Gasteiger partial charge < -0.3 is 4.74 Å². The van der Waals surface area contributed by atoms with E-state index in [2.05, 4.69) is 189 Å². The Balaban J connectivity index is 1.21. The van der Waals surface area contributed by atoms with Crippen molar-refractivity contribution in [1.82, 2.24) is 0 Å². The number of benzene rings is 8. The summed E-state index contributed by atoms with van der Waals surface area (Å²) in [5.41, 5.74) is 10.8. The van der Waals surface area contributed by atoms with Crippen molar-refractivity contribution in [2.45, 2.75) is 18.4 Å². The summed E-state index contributed by atoms with van der Waals surface area (Å²) in [6.45, 7) is 2.30. The summed E-state index contributed by atoms with van der Waals surface area (Å²) in [6, 6.07) is 59.8. The Hall–Kier alpha value is -6.18. The van der Waals surface area contributed by atoms with E-state index in [1.807, 2.05) is 0 Å². The molecule has 50 heavy (non-hydrogen) atoms. The fourth-order valence-corrected chi connectivity index (χ4v) is 8.47. The Morgan fingerprint density at radius 1 is 0.460 bits per heavy atom. The molecule has 2 aliphatic rings. The summed E-state index contributed by atoms with van der Waals surface area (Å²) in [6.07, 6.45) is 6.66. The third-order valence-electron chi connectivity index (χ3n) is 10.9. The van der Waals surface area contributed by atoms with Gasteiger partial charge in [0.1, 0.15) is 11.9 Å². The van der Waals surface area contributed by atoms with Crippen LogP contribution in [0.1, 0.15) is 18.1 Å². The van der Waals surface area contributed by atoms with Gasteiger partial charge in [-0.1, -0.05) is 158 Å². The van der Waals surface area contributed by atoms with Crippen LogP contribution in [0.25, 0.3) is 71.3 Å². The number of para-hydroxylation sites is 1. The predicted molar refractivity (Wildman–Crippen MR) is 211 cm³/mol. The molecule has 1 heteroatoms. The lowest BCUT2D eigenvalue weighted by Gasteiger charge is -2.32. The van der Waals surface area contributed by atoms with Crippen LogP contribution in [0.3, 0.4) is 0 Å². The molecule has 1 nitrogen and oxygen atoms in total. The highest BCUT2D eigenvalue weighted by atomic mass is 16.5. The molecule has 2 unspecified atom stereocenters. The maximum Gasteiger partial charge on any atom is 0.137 e. The van der Waals surface area contributed by atoms with Gasteiger partial charge in [-0.05, 0) is 102 Å². The fourth-order valence-electron chi connectivity index (χ4n) is 8.47. The molecule has 236 valence electrons. The van der Waals surface area contributed by atoms with Gasteiger partial charge in [0.05, 0.1) is 5.41 Å². The standard InChI is InChI=1S/C49H34O/c1-49-28-12-21-39(48(49)50-45-23-10-9-22-44(45)49)36-17-11-18-37(30-36)46-40-19-7-8-20-41(40)47(38-25-24-33-15-5-6-16-34(33)29-38)43-31-35(26-27-42(43)46)32-13-3-2-4-14-32/h2-31,48H,1H3. The van der Waals surface area contributed by atoms with Crippen molar-refractivity contribution in [2.24, 2.45) is 0 Å². The largest absolute Gasteiger partial charge is 0.484 e.